The van der Waals surface area contributed by atoms with E-state index in [1.807, 2.05) is 6.07 Å². The van der Waals surface area contributed by atoms with Gasteiger partial charge in [-0.1, -0.05) is 32.9 Å². The van der Waals surface area contributed by atoms with Gasteiger partial charge in [0.05, 0.1) is 11.0 Å². The molecule has 0 amide bonds. The van der Waals surface area contributed by atoms with Crippen molar-refractivity contribution in [3.05, 3.63) is 30.1 Å². The van der Waals surface area contributed by atoms with Gasteiger partial charge >= 0.3 is 0 Å². The lowest BCUT2D eigenvalue weighted by molar-refractivity contribution is 0.368. The van der Waals surface area contributed by atoms with E-state index in [4.69, 9.17) is 16.6 Å². The molecule has 0 radical (unpaired) electrons. The highest BCUT2D eigenvalue weighted by molar-refractivity contribution is 6.21. The molecule has 1 aromatic carbocycles. The molecule has 3 heteroatoms. The van der Waals surface area contributed by atoms with Gasteiger partial charge in [0, 0.05) is 18.3 Å². The van der Waals surface area contributed by atoms with Crippen LogP contribution in [0.25, 0.3) is 11.0 Å². The standard InChI is InChI=1S/C17H25ClN2/c1-5-20-14-10-7-6-9-13(14)19-16(20)12-8-11-15(18)17(2,3)4/h6-7,9-10,15H,5,8,11-12H2,1-4H3. The zero-order valence-electron chi connectivity index (χ0n) is 13.0. The number of fused-ring (bicyclic) bond motifs is 1. The number of hydrogen-bond donors (Lipinski definition) is 0. The summed E-state index contributed by atoms with van der Waals surface area (Å²) in [5, 5.41) is 0.224. The van der Waals surface area contributed by atoms with Crippen LogP contribution in [0, 0.1) is 5.41 Å². The van der Waals surface area contributed by atoms with E-state index in [0.29, 0.717) is 0 Å². The summed E-state index contributed by atoms with van der Waals surface area (Å²) in [6.07, 6.45) is 3.13. The van der Waals surface area contributed by atoms with Gasteiger partial charge in [-0.15, -0.1) is 11.6 Å². The topological polar surface area (TPSA) is 17.8 Å². The van der Waals surface area contributed by atoms with Gasteiger partial charge in [-0.05, 0) is 37.3 Å². The molecule has 0 aliphatic heterocycles. The molecular weight excluding hydrogens is 268 g/mol. The highest BCUT2D eigenvalue weighted by Crippen LogP contribution is 2.28. The number of alkyl halides is 1. The van der Waals surface area contributed by atoms with Crippen molar-refractivity contribution in [2.24, 2.45) is 5.41 Å². The lowest BCUT2D eigenvalue weighted by atomic mass is 9.89. The van der Waals surface area contributed by atoms with Crippen LogP contribution in [0.1, 0.15) is 46.4 Å². The molecule has 1 unspecified atom stereocenters. The van der Waals surface area contributed by atoms with E-state index in [-0.39, 0.29) is 10.8 Å². The molecule has 0 aliphatic rings. The third kappa shape index (κ3) is 3.35. The average molecular weight is 293 g/mol. The Balaban J connectivity index is 2.07. The Morgan fingerprint density at radius 3 is 2.60 bits per heavy atom. The van der Waals surface area contributed by atoms with Crippen molar-refractivity contribution in [3.8, 4) is 0 Å². The van der Waals surface area contributed by atoms with Gasteiger partial charge in [-0.2, -0.15) is 0 Å². The van der Waals surface area contributed by atoms with E-state index in [1.54, 1.807) is 0 Å². The summed E-state index contributed by atoms with van der Waals surface area (Å²) in [5.74, 6) is 1.19. The maximum atomic E-state index is 6.45. The van der Waals surface area contributed by atoms with Crippen LogP contribution in [0.3, 0.4) is 0 Å². The monoisotopic (exact) mass is 292 g/mol. The van der Waals surface area contributed by atoms with Gasteiger partial charge in [0.1, 0.15) is 5.82 Å². The number of aryl methyl sites for hydroxylation is 2. The second-order valence-electron chi connectivity index (χ2n) is 6.49. The summed E-state index contributed by atoms with van der Waals surface area (Å²) < 4.78 is 2.32. The fraction of sp³-hybridized carbons (Fsp3) is 0.588. The molecule has 0 fully saturated rings. The van der Waals surface area contributed by atoms with E-state index in [2.05, 4.69) is 50.5 Å². The van der Waals surface area contributed by atoms with E-state index in [0.717, 1.165) is 31.3 Å². The van der Waals surface area contributed by atoms with Crippen LogP contribution in [0.2, 0.25) is 0 Å². The second kappa shape index (κ2) is 6.17. The lowest BCUT2D eigenvalue weighted by Gasteiger charge is -2.24. The first-order chi connectivity index (χ1) is 9.43. The van der Waals surface area contributed by atoms with Gasteiger partial charge in [0.25, 0.3) is 0 Å². The smallest absolute Gasteiger partial charge is 0.109 e. The first-order valence-corrected chi connectivity index (χ1v) is 7.95. The fourth-order valence-corrected chi connectivity index (χ4v) is 2.70. The van der Waals surface area contributed by atoms with Gasteiger partial charge < -0.3 is 4.57 Å². The highest BCUT2D eigenvalue weighted by atomic mass is 35.5. The Hall–Kier alpha value is -1.02. The number of aromatic nitrogens is 2. The van der Waals surface area contributed by atoms with Gasteiger partial charge in [-0.25, -0.2) is 4.98 Å². The van der Waals surface area contributed by atoms with Crippen molar-refractivity contribution >= 4 is 22.6 Å². The van der Waals surface area contributed by atoms with Crippen molar-refractivity contribution in [3.63, 3.8) is 0 Å². The van der Waals surface area contributed by atoms with Gasteiger partial charge in [0.15, 0.2) is 0 Å². The number of halogens is 1. The molecule has 0 spiro atoms. The van der Waals surface area contributed by atoms with E-state index >= 15 is 0 Å². The summed E-state index contributed by atoms with van der Waals surface area (Å²) in [4.78, 5) is 4.76. The zero-order valence-corrected chi connectivity index (χ0v) is 13.7. The number of nitrogens with zero attached hydrogens (tertiary/aromatic N) is 2. The molecule has 0 bridgehead atoms. The Labute approximate surface area is 127 Å². The normalized spacial score (nSPS) is 13.8. The van der Waals surface area contributed by atoms with Crippen molar-refractivity contribution in [1.29, 1.82) is 0 Å². The number of rotatable bonds is 5. The Kier molecular flexibility index (Phi) is 4.74. The fourth-order valence-electron chi connectivity index (χ4n) is 2.54. The maximum Gasteiger partial charge on any atom is 0.109 e. The SMILES string of the molecule is CCn1c(CCCC(Cl)C(C)(C)C)nc2ccccc21. The Morgan fingerprint density at radius 2 is 1.95 bits per heavy atom. The summed E-state index contributed by atoms with van der Waals surface area (Å²) in [7, 11) is 0. The zero-order chi connectivity index (χ0) is 14.8. The van der Waals surface area contributed by atoms with Crippen molar-refractivity contribution in [2.75, 3.05) is 0 Å². The molecule has 0 N–H and O–H groups in total. The van der Waals surface area contributed by atoms with Crippen molar-refractivity contribution in [2.45, 2.75) is 58.9 Å². The molecule has 2 rings (SSSR count). The number of para-hydroxylation sites is 2. The summed E-state index contributed by atoms with van der Waals surface area (Å²) in [5.41, 5.74) is 2.51. The van der Waals surface area contributed by atoms with Crippen LogP contribution in [-0.4, -0.2) is 14.9 Å². The third-order valence-electron chi connectivity index (χ3n) is 3.85. The van der Waals surface area contributed by atoms with Crippen LogP contribution < -0.4 is 0 Å². The Bertz CT molecular complexity index is 566. The van der Waals surface area contributed by atoms with Gasteiger partial charge in [-0.3, -0.25) is 0 Å². The summed E-state index contributed by atoms with van der Waals surface area (Å²) in [6, 6.07) is 8.36. The van der Waals surface area contributed by atoms with Gasteiger partial charge in [0.2, 0.25) is 0 Å². The molecule has 20 heavy (non-hydrogen) atoms. The van der Waals surface area contributed by atoms with Crippen LogP contribution in [-0.2, 0) is 13.0 Å². The molecule has 0 saturated carbocycles. The first kappa shape index (κ1) is 15.4. The third-order valence-corrected chi connectivity index (χ3v) is 4.72. The molecule has 0 saturated heterocycles. The quantitative estimate of drug-likeness (QED) is 0.707. The lowest BCUT2D eigenvalue weighted by Crippen LogP contribution is -2.20. The number of imidazole rings is 1. The Morgan fingerprint density at radius 1 is 1.25 bits per heavy atom. The maximum absolute atomic E-state index is 6.45. The molecule has 1 aromatic heterocycles. The molecule has 0 aliphatic carbocycles. The minimum Gasteiger partial charge on any atom is -0.328 e. The molecule has 2 nitrogen and oxygen atoms in total. The van der Waals surface area contributed by atoms with Crippen LogP contribution >= 0.6 is 11.6 Å². The molecule has 1 atom stereocenters. The largest absolute Gasteiger partial charge is 0.328 e. The predicted molar refractivity (Wildman–Crippen MR) is 87.4 cm³/mol. The summed E-state index contributed by atoms with van der Waals surface area (Å²) in [6.45, 7) is 9.75. The van der Waals surface area contributed by atoms with E-state index in [9.17, 15) is 0 Å². The summed E-state index contributed by atoms with van der Waals surface area (Å²) >= 11 is 6.45. The van der Waals surface area contributed by atoms with Crippen LogP contribution in [0.4, 0.5) is 0 Å². The van der Waals surface area contributed by atoms with Crippen molar-refractivity contribution < 1.29 is 0 Å². The molecule has 110 valence electrons. The first-order valence-electron chi connectivity index (χ1n) is 7.51. The molecular formula is C17H25ClN2. The van der Waals surface area contributed by atoms with Crippen molar-refractivity contribution in [1.82, 2.24) is 9.55 Å². The molecule has 1 heterocycles. The van der Waals surface area contributed by atoms with E-state index < -0.39 is 0 Å². The average Bonchev–Trinajstić information content (AvgIpc) is 2.74. The second-order valence-corrected chi connectivity index (χ2v) is 7.01. The van der Waals surface area contributed by atoms with E-state index in [1.165, 1.54) is 11.3 Å². The number of hydrogen-bond acceptors (Lipinski definition) is 1. The van der Waals surface area contributed by atoms with Crippen LogP contribution in [0.5, 0.6) is 0 Å². The highest BCUT2D eigenvalue weighted by Gasteiger charge is 2.21. The number of benzene rings is 1. The predicted octanol–water partition coefficient (Wildman–Crippen LogP) is 5.03. The molecule has 2 aromatic rings. The van der Waals surface area contributed by atoms with Crippen LogP contribution in [0.15, 0.2) is 24.3 Å². The minimum atomic E-state index is 0.173. The minimum absolute atomic E-state index is 0.173.